The minimum absolute atomic E-state index is 0.0122. The topological polar surface area (TPSA) is 75.5 Å². The molecule has 5 rings (SSSR count). The highest BCUT2D eigenvalue weighted by atomic mass is 16.5. The van der Waals surface area contributed by atoms with Gasteiger partial charge in [-0.15, -0.1) is 0 Å². The summed E-state index contributed by atoms with van der Waals surface area (Å²) in [6, 6.07) is 9.85. The molecule has 0 spiro atoms. The zero-order chi connectivity index (χ0) is 23.5. The Bertz CT molecular complexity index is 1190. The van der Waals surface area contributed by atoms with Crippen LogP contribution in [0.3, 0.4) is 0 Å². The lowest BCUT2D eigenvalue weighted by Crippen LogP contribution is -2.44. The molecule has 1 N–H and O–H groups in total. The number of anilines is 3. The molecule has 2 aromatic heterocycles. The highest BCUT2D eigenvalue weighted by Gasteiger charge is 2.19. The van der Waals surface area contributed by atoms with E-state index in [1.807, 2.05) is 16.7 Å². The van der Waals surface area contributed by atoms with Crippen molar-refractivity contribution in [1.82, 2.24) is 19.4 Å². The molecule has 180 valence electrons. The van der Waals surface area contributed by atoms with Gasteiger partial charge in [0.1, 0.15) is 11.4 Å². The zero-order valence-corrected chi connectivity index (χ0v) is 20.2. The molecule has 34 heavy (non-hydrogen) atoms. The maximum absolute atomic E-state index is 12.9. The third-order valence-electron chi connectivity index (χ3n) is 7.16. The highest BCUT2D eigenvalue weighted by Crippen LogP contribution is 2.33. The average Bonchev–Trinajstić information content (AvgIpc) is 3.14. The van der Waals surface area contributed by atoms with E-state index in [1.165, 1.54) is 12.8 Å². The highest BCUT2D eigenvalue weighted by molar-refractivity contribution is 5.76. The van der Waals surface area contributed by atoms with E-state index in [0.717, 1.165) is 74.4 Å². The molecule has 0 atom stereocenters. The smallest absolute Gasteiger partial charge is 0.252 e. The lowest BCUT2D eigenvalue weighted by atomic mass is 10.1. The van der Waals surface area contributed by atoms with Crippen molar-refractivity contribution in [2.45, 2.75) is 44.6 Å². The van der Waals surface area contributed by atoms with Crippen LogP contribution in [-0.2, 0) is 0 Å². The second-order valence-corrected chi connectivity index (χ2v) is 9.46. The van der Waals surface area contributed by atoms with Gasteiger partial charge in [-0.2, -0.15) is 4.98 Å². The van der Waals surface area contributed by atoms with Crippen LogP contribution < -0.4 is 20.5 Å². The number of piperazine rings is 1. The Morgan fingerprint density at radius 3 is 2.50 bits per heavy atom. The Kier molecular flexibility index (Phi) is 6.67. The first-order chi connectivity index (χ1) is 16.6. The van der Waals surface area contributed by atoms with Crippen molar-refractivity contribution >= 4 is 28.4 Å². The lowest BCUT2D eigenvalue weighted by molar-refractivity contribution is 0.312. The molecule has 1 aromatic carbocycles. The minimum atomic E-state index is 0.0122. The minimum Gasteiger partial charge on any atom is -0.494 e. The summed E-state index contributed by atoms with van der Waals surface area (Å²) >= 11 is 0. The van der Waals surface area contributed by atoms with E-state index >= 15 is 0 Å². The summed E-state index contributed by atoms with van der Waals surface area (Å²) in [5, 5.41) is 4.21. The Morgan fingerprint density at radius 1 is 1.00 bits per heavy atom. The first-order valence-corrected chi connectivity index (χ1v) is 12.4. The number of fused-ring (bicyclic) bond motifs is 1. The molecule has 3 heterocycles. The van der Waals surface area contributed by atoms with Gasteiger partial charge in [0.15, 0.2) is 0 Å². The molecular formula is C26H34N6O2. The third kappa shape index (κ3) is 4.73. The van der Waals surface area contributed by atoms with Gasteiger partial charge in [-0.1, -0.05) is 25.7 Å². The number of aromatic nitrogens is 3. The van der Waals surface area contributed by atoms with Crippen molar-refractivity contribution < 1.29 is 4.74 Å². The summed E-state index contributed by atoms with van der Waals surface area (Å²) < 4.78 is 7.59. The van der Waals surface area contributed by atoms with E-state index in [2.05, 4.69) is 39.3 Å². The van der Waals surface area contributed by atoms with Gasteiger partial charge in [-0.3, -0.25) is 9.36 Å². The summed E-state index contributed by atoms with van der Waals surface area (Å²) in [5.74, 6) is 1.21. The third-order valence-corrected chi connectivity index (χ3v) is 7.16. The first-order valence-electron chi connectivity index (χ1n) is 12.4. The van der Waals surface area contributed by atoms with Crippen LogP contribution in [0.1, 0.15) is 44.6 Å². The van der Waals surface area contributed by atoms with Crippen molar-refractivity contribution in [3.63, 3.8) is 0 Å². The van der Waals surface area contributed by atoms with Gasteiger partial charge in [0.25, 0.3) is 5.56 Å². The van der Waals surface area contributed by atoms with Crippen molar-refractivity contribution in [1.29, 1.82) is 0 Å². The van der Waals surface area contributed by atoms with Gasteiger partial charge in [0.05, 0.1) is 12.8 Å². The fourth-order valence-electron chi connectivity index (χ4n) is 5.13. The number of hydrogen-bond acceptors (Lipinski definition) is 7. The van der Waals surface area contributed by atoms with Gasteiger partial charge >= 0.3 is 0 Å². The van der Waals surface area contributed by atoms with Gasteiger partial charge in [0.2, 0.25) is 5.95 Å². The summed E-state index contributed by atoms with van der Waals surface area (Å²) in [7, 11) is 3.84. The van der Waals surface area contributed by atoms with Crippen LogP contribution in [0.5, 0.6) is 5.75 Å². The monoisotopic (exact) mass is 462 g/mol. The quantitative estimate of drug-likeness (QED) is 0.570. The van der Waals surface area contributed by atoms with Crippen molar-refractivity contribution in [3.8, 4) is 5.75 Å². The Morgan fingerprint density at radius 2 is 1.76 bits per heavy atom. The Hall–Kier alpha value is -3.13. The largest absolute Gasteiger partial charge is 0.494 e. The van der Waals surface area contributed by atoms with Crippen LogP contribution in [0.25, 0.3) is 11.0 Å². The number of rotatable bonds is 5. The van der Waals surface area contributed by atoms with E-state index in [0.29, 0.717) is 11.6 Å². The molecule has 3 aromatic rings. The molecule has 1 aliphatic heterocycles. The molecule has 2 fully saturated rings. The predicted octanol–water partition coefficient (Wildman–Crippen LogP) is 4.19. The van der Waals surface area contributed by atoms with Crippen molar-refractivity contribution in [2.75, 3.05) is 50.6 Å². The second-order valence-electron chi connectivity index (χ2n) is 9.46. The molecule has 0 amide bonds. The number of nitrogens with zero attached hydrogens (tertiary/aromatic N) is 5. The summed E-state index contributed by atoms with van der Waals surface area (Å²) in [6.45, 7) is 4.10. The number of ether oxygens (including phenoxy) is 1. The van der Waals surface area contributed by atoms with Crippen molar-refractivity contribution in [2.24, 2.45) is 0 Å². The van der Waals surface area contributed by atoms with Crippen LogP contribution in [0.15, 0.2) is 41.3 Å². The summed E-state index contributed by atoms with van der Waals surface area (Å²) in [6.07, 6.45) is 8.62. The first kappa shape index (κ1) is 22.7. The molecule has 0 bridgehead atoms. The molecule has 0 radical (unpaired) electrons. The van der Waals surface area contributed by atoms with Crippen LogP contribution in [-0.4, -0.2) is 59.8 Å². The number of nitrogens with one attached hydrogen (secondary N) is 1. The number of likely N-dealkylation sites (N-methyl/N-ethyl adjacent to an activating group) is 1. The predicted molar refractivity (Wildman–Crippen MR) is 137 cm³/mol. The summed E-state index contributed by atoms with van der Waals surface area (Å²) in [4.78, 5) is 26.9. The molecule has 8 heteroatoms. The standard InChI is InChI=1S/C26H34N6O2/c1-30-13-15-31(16-14-30)21-10-11-22(23(17-21)34-2)28-26-27-18-19-9-12-24(33)32(25(19)29-26)20-7-5-3-4-6-8-20/h9-12,17-18,20H,3-8,13-16H2,1-2H3,(H,27,28,29). The second kappa shape index (κ2) is 10.0. The molecule has 0 unspecified atom stereocenters. The van der Waals surface area contributed by atoms with Crippen LogP contribution in [0.2, 0.25) is 0 Å². The molecule has 1 saturated carbocycles. The van der Waals surface area contributed by atoms with Crippen LogP contribution in [0, 0.1) is 0 Å². The van der Waals surface area contributed by atoms with Crippen LogP contribution in [0.4, 0.5) is 17.3 Å². The zero-order valence-electron chi connectivity index (χ0n) is 20.2. The Balaban J connectivity index is 1.44. The maximum atomic E-state index is 12.9. The van der Waals surface area contributed by atoms with E-state index in [9.17, 15) is 4.79 Å². The molecule has 1 aliphatic carbocycles. The van der Waals surface area contributed by atoms with E-state index in [1.54, 1.807) is 19.4 Å². The van der Waals surface area contributed by atoms with Gasteiger partial charge in [0, 0.05) is 61.6 Å². The lowest BCUT2D eigenvalue weighted by Gasteiger charge is -2.34. The molecule has 2 aliphatic rings. The fourth-order valence-corrected chi connectivity index (χ4v) is 5.13. The van der Waals surface area contributed by atoms with E-state index in [4.69, 9.17) is 9.72 Å². The SMILES string of the molecule is COc1cc(N2CCN(C)CC2)ccc1Nc1ncc2ccc(=O)n(C3CCCCCC3)c2n1. The normalized spacial score (nSPS) is 18.1. The number of pyridine rings is 1. The van der Waals surface area contributed by atoms with Crippen molar-refractivity contribution in [3.05, 3.63) is 46.9 Å². The van der Waals surface area contributed by atoms with E-state index < -0.39 is 0 Å². The summed E-state index contributed by atoms with van der Waals surface area (Å²) in [5.41, 5.74) is 2.67. The molecular weight excluding hydrogens is 428 g/mol. The Labute approximate surface area is 200 Å². The van der Waals surface area contributed by atoms with Gasteiger partial charge < -0.3 is 19.9 Å². The number of hydrogen-bond donors (Lipinski definition) is 1. The van der Waals surface area contributed by atoms with Gasteiger partial charge in [-0.05, 0) is 38.1 Å². The van der Waals surface area contributed by atoms with Crippen LogP contribution >= 0.6 is 0 Å². The van der Waals surface area contributed by atoms with E-state index in [-0.39, 0.29) is 11.6 Å². The fraction of sp³-hybridized carbons (Fsp3) is 0.500. The number of benzene rings is 1. The molecule has 8 nitrogen and oxygen atoms in total. The number of methoxy groups -OCH3 is 1. The maximum Gasteiger partial charge on any atom is 0.252 e. The molecule has 1 saturated heterocycles. The average molecular weight is 463 g/mol. The van der Waals surface area contributed by atoms with Gasteiger partial charge in [-0.25, -0.2) is 4.98 Å².